The summed E-state index contributed by atoms with van der Waals surface area (Å²) >= 11 is 6.81. The number of thioether (sulfide) groups is 1. The van der Waals surface area contributed by atoms with Crippen LogP contribution in [0, 0.1) is 18.3 Å². The van der Waals surface area contributed by atoms with Crippen molar-refractivity contribution in [1.29, 1.82) is 5.26 Å². The number of aliphatic hydroxyl groups is 1. The Labute approximate surface area is 226 Å². The summed E-state index contributed by atoms with van der Waals surface area (Å²) in [5.41, 5.74) is 2.18. The molecule has 2 aromatic rings. The van der Waals surface area contributed by atoms with E-state index in [2.05, 4.69) is 15.9 Å². The molecule has 0 spiro atoms. The highest BCUT2D eigenvalue weighted by molar-refractivity contribution is 8.26. The van der Waals surface area contributed by atoms with Crippen LogP contribution in [-0.4, -0.2) is 75.6 Å². The zero-order valence-corrected chi connectivity index (χ0v) is 22.8. The van der Waals surface area contributed by atoms with Crippen LogP contribution < -0.4 is 10.5 Å². The number of β-amino-alcohol motifs (C(OH)–C–C–N with tert-alkyl or cyclic N) is 1. The van der Waals surface area contributed by atoms with Crippen molar-refractivity contribution >= 4 is 46.1 Å². The van der Waals surface area contributed by atoms with Crippen molar-refractivity contribution in [3.8, 4) is 6.07 Å². The minimum absolute atomic E-state index is 0.0929. The Morgan fingerprint density at radius 3 is 2.46 bits per heavy atom. The molecule has 0 saturated carbocycles. The number of benzene rings is 1. The predicted octanol–water partition coefficient (Wildman–Crippen LogP) is 2.61. The molecule has 3 heterocycles. The molecule has 1 amide bonds. The number of carbonyl (C=O) groups excluding carboxylic acids is 1. The molecule has 8 nitrogen and oxygen atoms in total. The maximum absolute atomic E-state index is 13.4. The number of anilines is 1. The number of hydrogen-bond donors (Lipinski definition) is 1. The van der Waals surface area contributed by atoms with E-state index in [4.69, 9.17) is 12.2 Å². The van der Waals surface area contributed by atoms with Gasteiger partial charge in [-0.1, -0.05) is 54.3 Å². The summed E-state index contributed by atoms with van der Waals surface area (Å²) in [6, 6.07) is 12.0. The molecule has 2 aliphatic rings. The predicted molar refractivity (Wildman–Crippen MR) is 152 cm³/mol. The van der Waals surface area contributed by atoms with Crippen molar-refractivity contribution < 1.29 is 9.90 Å². The highest BCUT2D eigenvalue weighted by atomic mass is 32.2. The number of nitrogens with zero attached hydrogens (tertiary/aromatic N) is 5. The van der Waals surface area contributed by atoms with Crippen LogP contribution in [0.5, 0.6) is 0 Å². The minimum Gasteiger partial charge on any atom is -0.395 e. The SMILES string of the molecule is CCn1c(N2CCN(CCO)CC2)c(C=C2SC(=S)N(CCc3ccccc3)C2=O)c(C)c(C#N)c1=O. The molecule has 10 heteroatoms. The Morgan fingerprint density at radius 1 is 1.14 bits per heavy atom. The number of piperazine rings is 1. The second-order valence-electron chi connectivity index (χ2n) is 9.02. The molecule has 0 radical (unpaired) electrons. The Kier molecular flexibility index (Phi) is 8.82. The van der Waals surface area contributed by atoms with Crippen LogP contribution in [-0.2, 0) is 17.8 Å². The lowest BCUT2D eigenvalue weighted by molar-refractivity contribution is -0.122. The van der Waals surface area contributed by atoms with Crippen molar-refractivity contribution in [2.24, 2.45) is 0 Å². The van der Waals surface area contributed by atoms with E-state index in [1.54, 1.807) is 22.5 Å². The molecule has 1 aromatic carbocycles. The molecule has 194 valence electrons. The molecule has 1 aromatic heterocycles. The highest BCUT2D eigenvalue weighted by Gasteiger charge is 2.33. The highest BCUT2D eigenvalue weighted by Crippen LogP contribution is 2.36. The topological polar surface area (TPSA) is 92.8 Å². The van der Waals surface area contributed by atoms with E-state index >= 15 is 0 Å². The molecule has 1 N–H and O–H groups in total. The van der Waals surface area contributed by atoms with Crippen molar-refractivity contribution in [3.05, 3.63) is 67.8 Å². The van der Waals surface area contributed by atoms with Crippen molar-refractivity contribution in [1.82, 2.24) is 14.4 Å². The summed E-state index contributed by atoms with van der Waals surface area (Å²) in [4.78, 5) is 33.1. The van der Waals surface area contributed by atoms with Gasteiger partial charge in [-0.05, 0) is 37.5 Å². The first-order valence-electron chi connectivity index (χ1n) is 12.4. The van der Waals surface area contributed by atoms with Gasteiger partial charge in [-0.15, -0.1) is 0 Å². The van der Waals surface area contributed by atoms with E-state index < -0.39 is 0 Å². The van der Waals surface area contributed by atoms with Gasteiger partial charge in [0.2, 0.25) is 0 Å². The third kappa shape index (κ3) is 5.65. The number of nitriles is 1. The second kappa shape index (κ2) is 12.0. The lowest BCUT2D eigenvalue weighted by Gasteiger charge is -2.37. The molecule has 37 heavy (non-hydrogen) atoms. The van der Waals surface area contributed by atoms with Crippen molar-refractivity contribution in [2.75, 3.05) is 50.8 Å². The van der Waals surface area contributed by atoms with Gasteiger partial charge in [-0.25, -0.2) is 0 Å². The van der Waals surface area contributed by atoms with E-state index in [-0.39, 0.29) is 23.6 Å². The zero-order valence-electron chi connectivity index (χ0n) is 21.1. The standard InChI is InChI=1S/C27H31N5O3S2/c1-3-31-24(30-13-11-29(12-14-30)15-16-33)21(19(2)22(18-28)25(31)34)17-23-26(35)32(27(36)37-23)10-9-20-7-5-4-6-8-20/h4-8,17,33H,3,9-16H2,1-2H3. The molecule has 2 saturated heterocycles. The Bertz CT molecular complexity index is 1310. The maximum Gasteiger partial charge on any atom is 0.270 e. The van der Waals surface area contributed by atoms with Crippen molar-refractivity contribution in [3.63, 3.8) is 0 Å². The van der Waals surface area contributed by atoms with Gasteiger partial charge < -0.3 is 10.0 Å². The van der Waals surface area contributed by atoms with E-state index in [0.717, 1.165) is 24.5 Å². The third-order valence-corrected chi connectivity index (χ3v) is 8.24. The molecule has 0 aliphatic carbocycles. The summed E-state index contributed by atoms with van der Waals surface area (Å²) < 4.78 is 2.14. The lowest BCUT2D eigenvalue weighted by atomic mass is 10.0. The lowest BCUT2D eigenvalue weighted by Crippen LogP contribution is -2.49. The number of amides is 1. The van der Waals surface area contributed by atoms with Gasteiger partial charge in [0.05, 0.1) is 11.5 Å². The third-order valence-electron chi connectivity index (χ3n) is 6.87. The van der Waals surface area contributed by atoms with Gasteiger partial charge in [0.25, 0.3) is 11.5 Å². The number of aliphatic hydroxyl groups excluding tert-OH is 1. The molecule has 0 atom stereocenters. The van der Waals surface area contributed by atoms with Crippen LogP contribution in [0.25, 0.3) is 6.08 Å². The first kappa shape index (κ1) is 27.1. The largest absolute Gasteiger partial charge is 0.395 e. The number of pyridine rings is 1. The number of hydrogen-bond acceptors (Lipinski definition) is 8. The molecule has 2 fully saturated rings. The smallest absolute Gasteiger partial charge is 0.270 e. The fourth-order valence-corrected chi connectivity index (χ4v) is 6.10. The van der Waals surface area contributed by atoms with Crippen LogP contribution in [0.1, 0.15) is 29.2 Å². The fourth-order valence-electron chi connectivity index (χ4n) is 4.81. The average Bonchev–Trinajstić information content (AvgIpc) is 3.17. The average molecular weight is 538 g/mol. The minimum atomic E-state index is -0.317. The van der Waals surface area contributed by atoms with Crippen LogP contribution in [0.3, 0.4) is 0 Å². The summed E-state index contributed by atoms with van der Waals surface area (Å²) in [5, 5.41) is 19.1. The number of carbonyl (C=O) groups is 1. The monoisotopic (exact) mass is 537 g/mol. The number of rotatable bonds is 8. The van der Waals surface area contributed by atoms with Crippen LogP contribution in [0.15, 0.2) is 40.0 Å². The summed E-state index contributed by atoms with van der Waals surface area (Å²) in [7, 11) is 0. The normalized spacial score (nSPS) is 17.6. The first-order chi connectivity index (χ1) is 17.9. The Morgan fingerprint density at radius 2 is 1.84 bits per heavy atom. The maximum atomic E-state index is 13.4. The van der Waals surface area contributed by atoms with Gasteiger partial charge in [0.1, 0.15) is 21.8 Å². The number of aromatic nitrogens is 1. The quantitative estimate of drug-likeness (QED) is 0.406. The van der Waals surface area contributed by atoms with Gasteiger partial charge in [0, 0.05) is 51.4 Å². The van der Waals surface area contributed by atoms with E-state index in [1.807, 2.05) is 37.3 Å². The summed E-state index contributed by atoms with van der Waals surface area (Å²) in [5.74, 6) is 0.569. The summed E-state index contributed by atoms with van der Waals surface area (Å²) in [6.07, 6.45) is 2.50. The molecule has 4 rings (SSSR count). The van der Waals surface area contributed by atoms with Crippen LogP contribution >= 0.6 is 24.0 Å². The van der Waals surface area contributed by atoms with Crippen LogP contribution in [0.2, 0.25) is 0 Å². The first-order valence-corrected chi connectivity index (χ1v) is 13.7. The van der Waals surface area contributed by atoms with Crippen LogP contribution in [0.4, 0.5) is 5.82 Å². The zero-order chi connectivity index (χ0) is 26.5. The molecular weight excluding hydrogens is 506 g/mol. The molecule has 2 aliphatic heterocycles. The molecule has 0 bridgehead atoms. The number of thiocarbonyl (C=S) groups is 1. The fraction of sp³-hybridized carbons (Fsp3) is 0.407. The van der Waals surface area contributed by atoms with E-state index in [9.17, 15) is 20.0 Å². The Hall–Kier alpha value is -2.97. The van der Waals surface area contributed by atoms with Crippen molar-refractivity contribution in [2.45, 2.75) is 26.8 Å². The molecular formula is C27H31N5O3S2. The molecule has 0 unspecified atom stereocenters. The second-order valence-corrected chi connectivity index (χ2v) is 10.7. The van der Waals surface area contributed by atoms with Gasteiger partial charge >= 0.3 is 0 Å². The van der Waals surface area contributed by atoms with Gasteiger partial charge in [-0.3, -0.25) is 24.0 Å². The van der Waals surface area contributed by atoms with Gasteiger partial charge in [-0.2, -0.15) is 5.26 Å². The van der Waals surface area contributed by atoms with E-state index in [1.165, 1.54) is 11.8 Å². The van der Waals surface area contributed by atoms with Gasteiger partial charge in [0.15, 0.2) is 0 Å². The Balaban J connectivity index is 1.71. The van der Waals surface area contributed by atoms with E-state index in [0.29, 0.717) is 59.5 Å². The summed E-state index contributed by atoms with van der Waals surface area (Å²) in [6.45, 7) is 8.10.